The van der Waals surface area contributed by atoms with Crippen LogP contribution >= 0.6 is 12.2 Å². The lowest BCUT2D eigenvalue weighted by molar-refractivity contribution is 0.373. The van der Waals surface area contributed by atoms with Crippen LogP contribution in [-0.4, -0.2) is 33.3 Å². The molecular formula is C18H18N4O2S. The summed E-state index contributed by atoms with van der Waals surface area (Å²) in [7, 11) is 1.50. The van der Waals surface area contributed by atoms with Gasteiger partial charge in [-0.05, 0) is 48.0 Å². The van der Waals surface area contributed by atoms with Gasteiger partial charge >= 0.3 is 0 Å². The largest absolute Gasteiger partial charge is 0.504 e. The molecule has 0 aliphatic rings. The molecule has 0 aliphatic carbocycles. The van der Waals surface area contributed by atoms with Gasteiger partial charge in [0.25, 0.3) is 0 Å². The molecule has 1 heterocycles. The van der Waals surface area contributed by atoms with Crippen molar-refractivity contribution in [3.63, 3.8) is 0 Å². The molecule has 0 saturated carbocycles. The number of nitrogens with one attached hydrogen (secondary N) is 1. The summed E-state index contributed by atoms with van der Waals surface area (Å²) in [5.74, 6) is 1.24. The summed E-state index contributed by atoms with van der Waals surface area (Å²) in [6, 6.07) is 15.2. The second kappa shape index (κ2) is 7.76. The maximum Gasteiger partial charge on any atom is 0.216 e. The molecule has 1 aromatic heterocycles. The van der Waals surface area contributed by atoms with Crippen molar-refractivity contribution in [2.24, 2.45) is 5.10 Å². The summed E-state index contributed by atoms with van der Waals surface area (Å²) in [4.78, 5) is 0. The third kappa shape index (κ3) is 4.13. The smallest absolute Gasteiger partial charge is 0.216 e. The molecule has 3 aromatic rings. The van der Waals surface area contributed by atoms with Gasteiger partial charge in [0, 0.05) is 6.42 Å². The van der Waals surface area contributed by atoms with Gasteiger partial charge in [-0.25, -0.2) is 0 Å². The Labute approximate surface area is 150 Å². The summed E-state index contributed by atoms with van der Waals surface area (Å²) in [5, 5.41) is 21.1. The minimum absolute atomic E-state index is 0.0862. The lowest BCUT2D eigenvalue weighted by Gasteiger charge is -2.04. The predicted octanol–water partition coefficient (Wildman–Crippen LogP) is 3.32. The highest BCUT2D eigenvalue weighted by Gasteiger charge is 2.06. The summed E-state index contributed by atoms with van der Waals surface area (Å²) in [6.07, 6.45) is 3.22. The van der Waals surface area contributed by atoms with Crippen LogP contribution in [0.1, 0.15) is 17.0 Å². The summed E-state index contributed by atoms with van der Waals surface area (Å²) in [6.45, 7) is 0. The van der Waals surface area contributed by atoms with E-state index in [1.165, 1.54) is 12.7 Å². The molecule has 0 bridgehead atoms. The molecule has 0 amide bonds. The first-order valence-electron chi connectivity index (χ1n) is 7.79. The number of hydrogen-bond acceptors (Lipinski definition) is 5. The minimum Gasteiger partial charge on any atom is -0.504 e. The number of aromatic amines is 1. The number of phenols is 1. The maximum atomic E-state index is 9.65. The van der Waals surface area contributed by atoms with Crippen LogP contribution in [0.15, 0.2) is 53.6 Å². The Morgan fingerprint density at radius 2 is 2.04 bits per heavy atom. The number of methoxy groups -OCH3 is 1. The molecule has 0 aliphatic heterocycles. The highest BCUT2D eigenvalue weighted by molar-refractivity contribution is 7.71. The molecule has 0 unspecified atom stereocenters. The van der Waals surface area contributed by atoms with Gasteiger partial charge in [0.15, 0.2) is 17.3 Å². The van der Waals surface area contributed by atoms with E-state index >= 15 is 0 Å². The molecule has 0 fully saturated rings. The average molecular weight is 354 g/mol. The average Bonchev–Trinajstić information content (AvgIpc) is 3.00. The number of phenolic OH excluding ortho intramolecular Hbond substituents is 1. The number of benzene rings is 2. The molecule has 0 spiro atoms. The van der Waals surface area contributed by atoms with Gasteiger partial charge in [-0.3, -0.25) is 5.10 Å². The van der Waals surface area contributed by atoms with E-state index in [4.69, 9.17) is 17.0 Å². The molecule has 3 rings (SSSR count). The van der Waals surface area contributed by atoms with Crippen molar-refractivity contribution >= 4 is 18.4 Å². The second-order valence-corrected chi connectivity index (χ2v) is 5.80. The second-order valence-electron chi connectivity index (χ2n) is 5.42. The van der Waals surface area contributed by atoms with Crippen LogP contribution in [0.5, 0.6) is 11.5 Å². The van der Waals surface area contributed by atoms with E-state index in [0.717, 1.165) is 17.8 Å². The van der Waals surface area contributed by atoms with Crippen molar-refractivity contribution in [3.8, 4) is 11.5 Å². The molecule has 7 heteroatoms. The topological polar surface area (TPSA) is 75.4 Å². The zero-order chi connectivity index (χ0) is 17.6. The molecule has 128 valence electrons. The number of aromatic hydroxyl groups is 1. The first kappa shape index (κ1) is 16.9. The van der Waals surface area contributed by atoms with Gasteiger partial charge in [-0.1, -0.05) is 30.3 Å². The summed E-state index contributed by atoms with van der Waals surface area (Å²) < 4.78 is 7.14. The maximum absolute atomic E-state index is 9.65. The van der Waals surface area contributed by atoms with Crippen LogP contribution in [0.25, 0.3) is 0 Å². The Balaban J connectivity index is 1.78. The Morgan fingerprint density at radius 3 is 2.80 bits per heavy atom. The van der Waals surface area contributed by atoms with Crippen molar-refractivity contribution in [1.82, 2.24) is 14.9 Å². The van der Waals surface area contributed by atoms with Crippen LogP contribution in [0, 0.1) is 4.77 Å². The molecule has 0 atom stereocenters. The number of hydrogen-bond donors (Lipinski definition) is 2. The van der Waals surface area contributed by atoms with E-state index in [2.05, 4.69) is 27.4 Å². The van der Waals surface area contributed by atoms with Crippen molar-refractivity contribution in [3.05, 3.63) is 70.3 Å². The molecule has 2 aromatic carbocycles. The number of aromatic nitrogens is 3. The minimum atomic E-state index is 0.0862. The molecule has 0 radical (unpaired) electrons. The lowest BCUT2D eigenvalue weighted by Crippen LogP contribution is -2.01. The Hall–Kier alpha value is -2.93. The van der Waals surface area contributed by atoms with Crippen LogP contribution in [0.4, 0.5) is 0 Å². The first-order chi connectivity index (χ1) is 12.2. The van der Waals surface area contributed by atoms with Gasteiger partial charge in [0.1, 0.15) is 0 Å². The number of rotatable bonds is 6. The molecule has 25 heavy (non-hydrogen) atoms. The highest BCUT2D eigenvalue weighted by Crippen LogP contribution is 2.25. The zero-order valence-corrected chi connectivity index (χ0v) is 14.5. The van der Waals surface area contributed by atoms with Gasteiger partial charge in [-0.15, -0.1) is 0 Å². The van der Waals surface area contributed by atoms with Crippen LogP contribution in [0.3, 0.4) is 0 Å². The van der Waals surface area contributed by atoms with E-state index in [0.29, 0.717) is 16.9 Å². The van der Waals surface area contributed by atoms with E-state index in [-0.39, 0.29) is 5.75 Å². The summed E-state index contributed by atoms with van der Waals surface area (Å²) in [5.41, 5.74) is 2.02. The molecular weight excluding hydrogens is 336 g/mol. The summed E-state index contributed by atoms with van der Waals surface area (Å²) >= 11 is 5.26. The van der Waals surface area contributed by atoms with Crippen molar-refractivity contribution in [2.45, 2.75) is 12.8 Å². The van der Waals surface area contributed by atoms with Crippen LogP contribution in [-0.2, 0) is 12.8 Å². The van der Waals surface area contributed by atoms with E-state index in [9.17, 15) is 5.11 Å². The standard InChI is InChI=1S/C18H18N4O2S/c1-24-16-11-14(7-9-15(16)23)12-19-22-17(20-21-18(22)25)10-8-13-5-3-2-4-6-13/h2-7,9,11-12,23H,8,10H2,1H3,(H,21,25)/b19-12-. The molecule has 2 N–H and O–H groups in total. The van der Waals surface area contributed by atoms with Crippen molar-refractivity contribution in [2.75, 3.05) is 7.11 Å². The van der Waals surface area contributed by atoms with E-state index in [1.54, 1.807) is 29.1 Å². The fourth-order valence-electron chi connectivity index (χ4n) is 2.40. The molecule has 6 nitrogen and oxygen atoms in total. The zero-order valence-electron chi connectivity index (χ0n) is 13.7. The Kier molecular flexibility index (Phi) is 5.25. The molecule has 0 saturated heterocycles. The van der Waals surface area contributed by atoms with Gasteiger partial charge < -0.3 is 9.84 Å². The number of aryl methyl sites for hydroxylation is 2. The Morgan fingerprint density at radius 1 is 1.24 bits per heavy atom. The predicted molar refractivity (Wildman–Crippen MR) is 98.9 cm³/mol. The quantitative estimate of drug-likeness (QED) is 0.526. The van der Waals surface area contributed by atoms with Crippen LogP contribution in [0.2, 0.25) is 0 Å². The number of nitrogens with zero attached hydrogens (tertiary/aromatic N) is 3. The normalized spacial score (nSPS) is 11.1. The SMILES string of the molecule is COc1cc(/C=N\n2c(CCc3ccccc3)n[nH]c2=S)ccc1O. The van der Waals surface area contributed by atoms with Crippen molar-refractivity contribution in [1.29, 1.82) is 0 Å². The number of ether oxygens (including phenoxy) is 1. The highest BCUT2D eigenvalue weighted by atomic mass is 32.1. The first-order valence-corrected chi connectivity index (χ1v) is 8.20. The van der Waals surface area contributed by atoms with E-state index < -0.39 is 0 Å². The lowest BCUT2D eigenvalue weighted by atomic mass is 10.1. The fraction of sp³-hybridized carbons (Fsp3) is 0.167. The monoisotopic (exact) mass is 354 g/mol. The third-order valence-electron chi connectivity index (χ3n) is 3.72. The van der Waals surface area contributed by atoms with E-state index in [1.807, 2.05) is 18.2 Å². The van der Waals surface area contributed by atoms with Crippen molar-refractivity contribution < 1.29 is 9.84 Å². The fourth-order valence-corrected chi connectivity index (χ4v) is 2.60. The Bertz CT molecular complexity index is 932. The third-order valence-corrected chi connectivity index (χ3v) is 3.99. The van der Waals surface area contributed by atoms with Gasteiger partial charge in [0.2, 0.25) is 4.77 Å². The van der Waals surface area contributed by atoms with Gasteiger partial charge in [0.05, 0.1) is 13.3 Å². The van der Waals surface area contributed by atoms with Crippen LogP contribution < -0.4 is 4.74 Å². The van der Waals surface area contributed by atoms with Gasteiger partial charge in [-0.2, -0.15) is 14.9 Å². The number of H-pyrrole nitrogens is 1.